The molecule has 1 rings (SSSR count). The summed E-state index contributed by atoms with van der Waals surface area (Å²) in [5.41, 5.74) is 2.79. The molecule has 1 aromatic rings. The second-order valence-corrected chi connectivity index (χ2v) is 4.73. The standard InChI is InChI=1S/C12H17Br/c1-4-10-5-7-11(8-6-10)12(13)9(2)3/h5-9,12H,4H2,1-3H3. The smallest absolute Gasteiger partial charge is 0.0418 e. The first-order valence-electron chi connectivity index (χ1n) is 4.88. The Balaban J connectivity index is 2.79. The molecule has 13 heavy (non-hydrogen) atoms. The summed E-state index contributed by atoms with van der Waals surface area (Å²) in [6.07, 6.45) is 1.12. The van der Waals surface area contributed by atoms with Gasteiger partial charge in [0.15, 0.2) is 0 Å². The van der Waals surface area contributed by atoms with Crippen LogP contribution in [-0.2, 0) is 6.42 Å². The van der Waals surface area contributed by atoms with Gasteiger partial charge in [-0.3, -0.25) is 0 Å². The van der Waals surface area contributed by atoms with Crippen LogP contribution in [0.2, 0.25) is 0 Å². The third kappa shape index (κ3) is 2.84. The molecule has 0 aliphatic carbocycles. The molecule has 0 bridgehead atoms. The predicted octanol–water partition coefficient (Wildman–Crippen LogP) is 4.34. The summed E-state index contributed by atoms with van der Waals surface area (Å²) in [7, 11) is 0. The lowest BCUT2D eigenvalue weighted by Gasteiger charge is -2.14. The van der Waals surface area contributed by atoms with E-state index in [0.717, 1.165) is 6.42 Å². The lowest BCUT2D eigenvalue weighted by Crippen LogP contribution is -1.98. The van der Waals surface area contributed by atoms with Gasteiger partial charge in [-0.15, -0.1) is 0 Å². The van der Waals surface area contributed by atoms with Crippen molar-refractivity contribution in [2.45, 2.75) is 32.0 Å². The Hall–Kier alpha value is -0.300. The van der Waals surface area contributed by atoms with Gasteiger partial charge in [0.2, 0.25) is 0 Å². The summed E-state index contributed by atoms with van der Waals surface area (Å²) < 4.78 is 0. The van der Waals surface area contributed by atoms with Crippen LogP contribution < -0.4 is 0 Å². The molecule has 0 heterocycles. The van der Waals surface area contributed by atoms with Crippen molar-refractivity contribution in [1.82, 2.24) is 0 Å². The minimum Gasteiger partial charge on any atom is -0.0836 e. The van der Waals surface area contributed by atoms with E-state index in [1.54, 1.807) is 0 Å². The molecule has 0 aromatic heterocycles. The van der Waals surface area contributed by atoms with E-state index in [4.69, 9.17) is 0 Å². The molecule has 0 saturated heterocycles. The van der Waals surface area contributed by atoms with Crippen molar-refractivity contribution >= 4 is 15.9 Å². The van der Waals surface area contributed by atoms with Gasteiger partial charge in [0.05, 0.1) is 0 Å². The molecule has 0 nitrogen and oxygen atoms in total. The lowest BCUT2D eigenvalue weighted by molar-refractivity contribution is 0.641. The normalized spacial score (nSPS) is 13.3. The Morgan fingerprint density at radius 1 is 1.15 bits per heavy atom. The van der Waals surface area contributed by atoms with Crippen LogP contribution >= 0.6 is 15.9 Å². The van der Waals surface area contributed by atoms with Crippen LogP contribution in [-0.4, -0.2) is 0 Å². The number of alkyl halides is 1. The molecule has 72 valence electrons. The fourth-order valence-corrected chi connectivity index (χ4v) is 1.63. The van der Waals surface area contributed by atoms with Crippen LogP contribution in [0.25, 0.3) is 0 Å². The molecule has 0 aliphatic heterocycles. The zero-order valence-corrected chi connectivity index (χ0v) is 10.1. The number of rotatable bonds is 3. The summed E-state index contributed by atoms with van der Waals surface area (Å²) in [4.78, 5) is 0.485. The zero-order valence-electron chi connectivity index (χ0n) is 8.55. The summed E-state index contributed by atoms with van der Waals surface area (Å²) >= 11 is 3.70. The molecule has 0 radical (unpaired) electrons. The van der Waals surface area contributed by atoms with E-state index in [1.807, 2.05) is 0 Å². The quantitative estimate of drug-likeness (QED) is 0.690. The molecule has 0 amide bonds. The first kappa shape index (κ1) is 10.8. The zero-order chi connectivity index (χ0) is 9.84. The topological polar surface area (TPSA) is 0 Å². The van der Waals surface area contributed by atoms with Crippen molar-refractivity contribution in [2.24, 2.45) is 5.92 Å². The Labute approximate surface area is 89.5 Å². The highest BCUT2D eigenvalue weighted by Gasteiger charge is 2.10. The van der Waals surface area contributed by atoms with Gasteiger partial charge in [0.1, 0.15) is 0 Å². The van der Waals surface area contributed by atoms with Gasteiger partial charge in [0, 0.05) is 4.83 Å². The second kappa shape index (κ2) is 4.80. The molecule has 0 saturated carbocycles. The van der Waals surface area contributed by atoms with Gasteiger partial charge in [-0.05, 0) is 23.5 Å². The molecule has 0 spiro atoms. The maximum Gasteiger partial charge on any atom is 0.0418 e. The largest absolute Gasteiger partial charge is 0.0836 e. The van der Waals surface area contributed by atoms with Crippen LogP contribution in [0.15, 0.2) is 24.3 Å². The van der Waals surface area contributed by atoms with Gasteiger partial charge >= 0.3 is 0 Å². The van der Waals surface area contributed by atoms with Crippen molar-refractivity contribution in [2.75, 3.05) is 0 Å². The fraction of sp³-hybridized carbons (Fsp3) is 0.500. The van der Waals surface area contributed by atoms with E-state index in [9.17, 15) is 0 Å². The minimum atomic E-state index is 0.485. The van der Waals surface area contributed by atoms with Crippen LogP contribution in [0.4, 0.5) is 0 Å². The number of benzene rings is 1. The Morgan fingerprint density at radius 3 is 2.08 bits per heavy atom. The molecule has 0 aliphatic rings. The highest BCUT2D eigenvalue weighted by atomic mass is 79.9. The van der Waals surface area contributed by atoms with Crippen molar-refractivity contribution < 1.29 is 0 Å². The number of hydrogen-bond donors (Lipinski definition) is 0. The fourth-order valence-electron chi connectivity index (χ4n) is 1.32. The molecule has 1 atom stereocenters. The molecule has 1 unspecified atom stereocenters. The SMILES string of the molecule is CCc1ccc(C(Br)C(C)C)cc1. The van der Waals surface area contributed by atoms with E-state index in [2.05, 4.69) is 61.0 Å². The molecular formula is C12H17Br. The van der Waals surface area contributed by atoms with Gasteiger partial charge in [-0.1, -0.05) is 61.0 Å². The molecule has 1 heteroatoms. The highest BCUT2D eigenvalue weighted by molar-refractivity contribution is 9.09. The summed E-state index contributed by atoms with van der Waals surface area (Å²) in [6.45, 7) is 6.64. The maximum absolute atomic E-state index is 3.70. The van der Waals surface area contributed by atoms with Crippen LogP contribution in [0.5, 0.6) is 0 Å². The van der Waals surface area contributed by atoms with E-state index in [1.165, 1.54) is 11.1 Å². The Kier molecular flexibility index (Phi) is 3.98. The maximum atomic E-state index is 3.70. The van der Waals surface area contributed by atoms with Gasteiger partial charge in [-0.25, -0.2) is 0 Å². The highest BCUT2D eigenvalue weighted by Crippen LogP contribution is 2.30. The number of aryl methyl sites for hydroxylation is 1. The molecule has 0 fully saturated rings. The van der Waals surface area contributed by atoms with Crippen molar-refractivity contribution in [3.63, 3.8) is 0 Å². The van der Waals surface area contributed by atoms with Gasteiger partial charge in [-0.2, -0.15) is 0 Å². The van der Waals surface area contributed by atoms with Crippen LogP contribution in [0, 0.1) is 5.92 Å². The Bertz CT molecular complexity index is 248. The average Bonchev–Trinajstić information content (AvgIpc) is 2.17. The van der Waals surface area contributed by atoms with E-state index < -0.39 is 0 Å². The summed E-state index contributed by atoms with van der Waals surface area (Å²) in [5, 5.41) is 0. The van der Waals surface area contributed by atoms with Crippen molar-refractivity contribution in [3.8, 4) is 0 Å². The second-order valence-electron chi connectivity index (χ2n) is 3.74. The summed E-state index contributed by atoms with van der Waals surface area (Å²) in [5.74, 6) is 0.646. The minimum absolute atomic E-state index is 0.485. The first-order chi connectivity index (χ1) is 6.15. The number of halogens is 1. The van der Waals surface area contributed by atoms with E-state index >= 15 is 0 Å². The number of hydrogen-bond acceptors (Lipinski definition) is 0. The molecular weight excluding hydrogens is 224 g/mol. The predicted molar refractivity (Wildman–Crippen MR) is 62.3 cm³/mol. The lowest BCUT2D eigenvalue weighted by atomic mass is 10.0. The van der Waals surface area contributed by atoms with E-state index in [0.29, 0.717) is 10.7 Å². The van der Waals surface area contributed by atoms with Crippen LogP contribution in [0.1, 0.15) is 36.7 Å². The first-order valence-corrected chi connectivity index (χ1v) is 5.79. The van der Waals surface area contributed by atoms with Crippen LogP contribution in [0.3, 0.4) is 0 Å². The van der Waals surface area contributed by atoms with Crippen molar-refractivity contribution in [1.29, 1.82) is 0 Å². The molecule has 0 N–H and O–H groups in total. The summed E-state index contributed by atoms with van der Waals surface area (Å²) in [6, 6.07) is 8.87. The Morgan fingerprint density at radius 2 is 1.69 bits per heavy atom. The monoisotopic (exact) mass is 240 g/mol. The third-order valence-electron chi connectivity index (χ3n) is 2.29. The van der Waals surface area contributed by atoms with Crippen molar-refractivity contribution in [3.05, 3.63) is 35.4 Å². The van der Waals surface area contributed by atoms with Gasteiger partial charge < -0.3 is 0 Å². The van der Waals surface area contributed by atoms with E-state index in [-0.39, 0.29) is 0 Å². The third-order valence-corrected chi connectivity index (χ3v) is 3.88. The van der Waals surface area contributed by atoms with Gasteiger partial charge in [0.25, 0.3) is 0 Å². The molecule has 1 aromatic carbocycles. The average molecular weight is 241 g/mol.